The van der Waals surface area contributed by atoms with Crippen molar-refractivity contribution in [3.63, 3.8) is 0 Å². The average molecular weight is 201 g/mol. The first-order valence-corrected chi connectivity index (χ1v) is 5.13. The van der Waals surface area contributed by atoms with Crippen molar-refractivity contribution in [1.82, 2.24) is 5.32 Å². The molecule has 0 aliphatic rings. The predicted molar refractivity (Wildman–Crippen MR) is 60.0 cm³/mol. The lowest BCUT2D eigenvalue weighted by Gasteiger charge is -2.17. The van der Waals surface area contributed by atoms with Gasteiger partial charge in [-0.1, -0.05) is 46.3 Å². The van der Waals surface area contributed by atoms with E-state index < -0.39 is 0 Å². The molecule has 0 heterocycles. The van der Waals surface area contributed by atoms with E-state index in [9.17, 15) is 4.79 Å². The number of hydrogen-bond acceptors (Lipinski definition) is 2. The van der Waals surface area contributed by atoms with Gasteiger partial charge < -0.3 is 5.32 Å². The van der Waals surface area contributed by atoms with Gasteiger partial charge in [0.25, 0.3) is 0 Å². The van der Waals surface area contributed by atoms with Gasteiger partial charge in [0.2, 0.25) is 0 Å². The third kappa shape index (κ3) is 4.98. The summed E-state index contributed by atoms with van der Waals surface area (Å²) in [6, 6.07) is 0. The molecule has 0 amide bonds. The number of rotatable bonds is 4. The minimum Gasteiger partial charge on any atom is -0.373 e. The van der Waals surface area contributed by atoms with Crippen LogP contribution in [-0.2, 0) is 4.79 Å². The fourth-order valence-electron chi connectivity index (χ4n) is 0.800. The minimum atomic E-state index is -0.365. The number of hydrogen-bond donors (Lipinski definition) is 1. The van der Waals surface area contributed by atoms with Crippen LogP contribution < -0.4 is 5.32 Å². The van der Waals surface area contributed by atoms with Gasteiger partial charge in [0, 0.05) is 12.0 Å². The Balaban J connectivity index is 3.92. The second kappa shape index (κ2) is 5.32. The second-order valence-corrected chi connectivity index (χ2v) is 4.60. The average Bonchev–Trinajstić information content (AvgIpc) is 2.01. The number of ketones is 1. The Morgan fingerprint density at radius 1 is 1.38 bits per heavy atom. The highest BCUT2D eigenvalue weighted by Crippen LogP contribution is 2.14. The van der Waals surface area contributed by atoms with E-state index >= 15 is 0 Å². The first kappa shape index (κ1) is 12.6. The zero-order valence-electron chi connectivity index (χ0n) is 8.94. The summed E-state index contributed by atoms with van der Waals surface area (Å²) >= 11 is 4.98. The van der Waals surface area contributed by atoms with Crippen LogP contribution in [0.25, 0.3) is 0 Å². The van der Waals surface area contributed by atoms with E-state index in [0.29, 0.717) is 4.99 Å². The summed E-state index contributed by atoms with van der Waals surface area (Å²) in [4.78, 5) is 11.9. The molecule has 0 bridgehead atoms. The van der Waals surface area contributed by atoms with E-state index in [-0.39, 0.29) is 11.2 Å². The van der Waals surface area contributed by atoms with Gasteiger partial charge in [0.05, 0.1) is 0 Å². The Hall–Kier alpha value is -0.440. The topological polar surface area (TPSA) is 29.1 Å². The van der Waals surface area contributed by atoms with E-state index in [1.54, 1.807) is 0 Å². The highest BCUT2D eigenvalue weighted by molar-refractivity contribution is 7.82. The fraction of sp³-hybridized carbons (Fsp3) is 0.800. The molecule has 0 aromatic carbocycles. The van der Waals surface area contributed by atoms with Crippen LogP contribution >= 0.6 is 12.2 Å². The molecular formula is C10H19NOS. The summed E-state index contributed by atoms with van der Waals surface area (Å²) < 4.78 is 0. The van der Waals surface area contributed by atoms with Crippen LogP contribution in [0.15, 0.2) is 0 Å². The van der Waals surface area contributed by atoms with Crippen molar-refractivity contribution in [3.05, 3.63) is 0 Å². The van der Waals surface area contributed by atoms with Crippen molar-refractivity contribution in [2.45, 2.75) is 40.5 Å². The Morgan fingerprint density at radius 3 is 2.31 bits per heavy atom. The van der Waals surface area contributed by atoms with Gasteiger partial charge in [-0.05, 0) is 6.42 Å². The maximum absolute atomic E-state index is 11.6. The largest absolute Gasteiger partial charge is 0.373 e. The molecule has 0 unspecified atom stereocenters. The highest BCUT2D eigenvalue weighted by Gasteiger charge is 2.24. The molecule has 76 valence electrons. The van der Waals surface area contributed by atoms with Crippen molar-refractivity contribution in [2.75, 3.05) is 6.54 Å². The lowest BCUT2D eigenvalue weighted by Crippen LogP contribution is -2.37. The number of carbonyl (C=O) groups is 1. The van der Waals surface area contributed by atoms with E-state index in [1.807, 2.05) is 20.8 Å². The molecule has 0 aromatic rings. The van der Waals surface area contributed by atoms with Gasteiger partial charge in [-0.15, -0.1) is 0 Å². The van der Waals surface area contributed by atoms with Crippen molar-refractivity contribution in [3.8, 4) is 0 Å². The van der Waals surface area contributed by atoms with Crippen LogP contribution in [-0.4, -0.2) is 17.3 Å². The number of carbonyl (C=O) groups excluding carboxylic acids is 1. The molecule has 0 aliphatic carbocycles. The molecule has 13 heavy (non-hydrogen) atoms. The van der Waals surface area contributed by atoms with Crippen LogP contribution in [0.2, 0.25) is 0 Å². The maximum Gasteiger partial charge on any atom is 0.195 e. The van der Waals surface area contributed by atoms with E-state index in [2.05, 4.69) is 12.2 Å². The fourth-order valence-corrected chi connectivity index (χ4v) is 1.21. The summed E-state index contributed by atoms with van der Waals surface area (Å²) in [5, 5.41) is 2.97. The highest BCUT2D eigenvalue weighted by atomic mass is 32.1. The molecule has 0 saturated carbocycles. The minimum absolute atomic E-state index is 0.0265. The summed E-state index contributed by atoms with van der Waals surface area (Å²) in [7, 11) is 0. The molecule has 2 nitrogen and oxygen atoms in total. The first-order chi connectivity index (χ1) is 5.89. The summed E-state index contributed by atoms with van der Waals surface area (Å²) in [5.41, 5.74) is -0.365. The molecule has 0 spiro atoms. The monoisotopic (exact) mass is 201 g/mol. The number of thiocarbonyl (C=S) groups is 1. The zero-order valence-corrected chi connectivity index (χ0v) is 9.75. The third-order valence-electron chi connectivity index (χ3n) is 1.70. The number of nitrogens with one attached hydrogen (secondary N) is 1. The molecular weight excluding hydrogens is 182 g/mol. The van der Waals surface area contributed by atoms with Gasteiger partial charge in [0.1, 0.15) is 4.99 Å². The maximum atomic E-state index is 11.6. The second-order valence-electron chi connectivity index (χ2n) is 4.19. The number of Topliss-reactive ketones (excluding diaryl/α,β-unsaturated/α-hetero) is 1. The van der Waals surface area contributed by atoms with Gasteiger partial charge in [0.15, 0.2) is 5.78 Å². The molecule has 3 heteroatoms. The Morgan fingerprint density at radius 2 is 1.92 bits per heavy atom. The summed E-state index contributed by atoms with van der Waals surface area (Å²) in [6.45, 7) is 8.54. The molecule has 0 fully saturated rings. The molecule has 0 aliphatic heterocycles. The van der Waals surface area contributed by atoms with Crippen LogP contribution in [0, 0.1) is 5.41 Å². The van der Waals surface area contributed by atoms with Crippen LogP contribution in [0.4, 0.5) is 0 Å². The molecule has 0 saturated heterocycles. The van der Waals surface area contributed by atoms with Crippen LogP contribution in [0.3, 0.4) is 0 Å². The molecule has 0 radical (unpaired) electrons. The third-order valence-corrected chi connectivity index (χ3v) is 2.03. The zero-order chi connectivity index (χ0) is 10.5. The normalized spacial score (nSPS) is 11.1. The van der Waals surface area contributed by atoms with Crippen molar-refractivity contribution < 1.29 is 4.79 Å². The predicted octanol–water partition coefficient (Wildman–Crippen LogP) is 2.32. The van der Waals surface area contributed by atoms with Crippen molar-refractivity contribution in [2.24, 2.45) is 5.41 Å². The standard InChI is InChI=1S/C10H19NOS/c1-5-6-7-11-9(13)8(12)10(2,3)4/h5-7H2,1-4H3,(H,11,13). The SMILES string of the molecule is CCCCNC(=S)C(=O)C(C)(C)C. The Kier molecular flexibility index (Phi) is 5.14. The summed E-state index contributed by atoms with van der Waals surface area (Å²) in [5.74, 6) is 0.0265. The van der Waals surface area contributed by atoms with E-state index in [4.69, 9.17) is 12.2 Å². The smallest absolute Gasteiger partial charge is 0.195 e. The van der Waals surface area contributed by atoms with Crippen molar-refractivity contribution in [1.29, 1.82) is 0 Å². The number of unbranched alkanes of at least 4 members (excludes halogenated alkanes) is 1. The molecule has 1 N–H and O–H groups in total. The molecule has 0 aromatic heterocycles. The van der Waals surface area contributed by atoms with Crippen molar-refractivity contribution >= 4 is 23.0 Å². The Labute approximate surface area is 86.1 Å². The van der Waals surface area contributed by atoms with Gasteiger partial charge in [-0.25, -0.2) is 0 Å². The molecule has 0 rings (SSSR count). The lowest BCUT2D eigenvalue weighted by atomic mass is 9.91. The van der Waals surface area contributed by atoms with Gasteiger partial charge >= 0.3 is 0 Å². The van der Waals surface area contributed by atoms with Gasteiger partial charge in [-0.2, -0.15) is 0 Å². The van der Waals surface area contributed by atoms with E-state index in [1.165, 1.54) is 0 Å². The summed E-state index contributed by atoms with van der Waals surface area (Å²) in [6.07, 6.45) is 2.16. The van der Waals surface area contributed by atoms with Gasteiger partial charge in [-0.3, -0.25) is 4.79 Å². The first-order valence-electron chi connectivity index (χ1n) is 4.72. The lowest BCUT2D eigenvalue weighted by molar-refractivity contribution is -0.119. The van der Waals surface area contributed by atoms with Crippen LogP contribution in [0.5, 0.6) is 0 Å². The Bertz CT molecular complexity index is 194. The quantitative estimate of drug-likeness (QED) is 0.559. The molecule has 0 atom stereocenters. The van der Waals surface area contributed by atoms with Crippen LogP contribution in [0.1, 0.15) is 40.5 Å². The van der Waals surface area contributed by atoms with E-state index in [0.717, 1.165) is 19.4 Å².